The van der Waals surface area contributed by atoms with Crippen LogP contribution in [0.5, 0.6) is 5.75 Å². The third kappa shape index (κ3) is 5.81. The Morgan fingerprint density at radius 1 is 1.04 bits per heavy atom. The second kappa shape index (κ2) is 9.71. The van der Waals surface area contributed by atoms with Crippen LogP contribution >= 0.6 is 0 Å². The van der Waals surface area contributed by atoms with E-state index in [4.69, 9.17) is 10.5 Å². The van der Waals surface area contributed by atoms with E-state index in [1.165, 1.54) is 5.56 Å². The maximum atomic E-state index is 12.5. The molecule has 0 bridgehead atoms. The maximum absolute atomic E-state index is 12.5. The number of nitrogens with two attached hydrogens (primary N) is 1. The lowest BCUT2D eigenvalue weighted by Gasteiger charge is -2.34. The number of carbonyl (C=O) groups excluding carboxylic acids is 1. The monoisotopic (exact) mass is 381 g/mol. The number of nitrogens with zero attached hydrogens (tertiary/aromatic N) is 2. The zero-order valence-electron chi connectivity index (χ0n) is 16.9. The minimum absolute atomic E-state index is 0.0596. The van der Waals surface area contributed by atoms with Crippen LogP contribution in [0.3, 0.4) is 0 Å². The van der Waals surface area contributed by atoms with Crippen LogP contribution in [0.4, 0.5) is 5.69 Å². The number of piperazine rings is 1. The predicted molar refractivity (Wildman–Crippen MR) is 114 cm³/mol. The van der Waals surface area contributed by atoms with Crippen LogP contribution < -0.4 is 10.5 Å². The first kappa shape index (κ1) is 20.4. The van der Waals surface area contributed by atoms with E-state index >= 15 is 0 Å². The average Bonchev–Trinajstić information content (AvgIpc) is 2.69. The number of ketones is 1. The van der Waals surface area contributed by atoms with E-state index in [-0.39, 0.29) is 11.9 Å². The van der Waals surface area contributed by atoms with Crippen LogP contribution in [0.25, 0.3) is 0 Å². The van der Waals surface area contributed by atoms with Gasteiger partial charge in [0.2, 0.25) is 0 Å². The van der Waals surface area contributed by atoms with Crippen molar-refractivity contribution in [2.45, 2.75) is 32.9 Å². The number of rotatable bonds is 8. The molecular weight excluding hydrogens is 350 g/mol. The van der Waals surface area contributed by atoms with Crippen molar-refractivity contribution in [1.29, 1.82) is 0 Å². The molecule has 5 nitrogen and oxygen atoms in total. The van der Waals surface area contributed by atoms with Crippen LogP contribution in [0.2, 0.25) is 0 Å². The summed E-state index contributed by atoms with van der Waals surface area (Å²) in [5.74, 6) is 0.774. The van der Waals surface area contributed by atoms with Gasteiger partial charge in [-0.2, -0.15) is 0 Å². The van der Waals surface area contributed by atoms with Crippen LogP contribution in [0.15, 0.2) is 48.5 Å². The van der Waals surface area contributed by atoms with Crippen molar-refractivity contribution in [2.75, 3.05) is 38.5 Å². The summed E-state index contributed by atoms with van der Waals surface area (Å²) in [6.07, 6.45) is 0.576. The standard InChI is InChI=1S/C23H31N3O2/c1-18(2)28-23-9-8-20(16-21(23)24)22(27)10-11-25-12-14-26(15-13-25)17-19-6-4-3-5-7-19/h3-9,16,18H,10-15,17,24H2,1-2H3. The first-order chi connectivity index (χ1) is 13.5. The van der Waals surface area contributed by atoms with E-state index in [0.29, 0.717) is 23.4 Å². The quantitative estimate of drug-likeness (QED) is 0.561. The summed E-state index contributed by atoms with van der Waals surface area (Å²) in [5.41, 5.74) is 8.57. The van der Waals surface area contributed by atoms with Crippen LogP contribution in [0, 0.1) is 0 Å². The lowest BCUT2D eigenvalue weighted by Crippen LogP contribution is -2.46. The molecule has 0 radical (unpaired) electrons. The molecule has 0 spiro atoms. The Hall–Kier alpha value is -2.37. The third-order valence-electron chi connectivity index (χ3n) is 5.06. The fraction of sp³-hybridized carbons (Fsp3) is 0.435. The molecule has 0 amide bonds. The summed E-state index contributed by atoms with van der Waals surface area (Å²) >= 11 is 0. The van der Waals surface area contributed by atoms with Crippen molar-refractivity contribution in [2.24, 2.45) is 0 Å². The molecule has 0 atom stereocenters. The molecule has 0 saturated carbocycles. The second-order valence-corrected chi connectivity index (χ2v) is 7.70. The van der Waals surface area contributed by atoms with Crippen molar-refractivity contribution in [3.05, 3.63) is 59.7 Å². The molecule has 0 aliphatic carbocycles. The smallest absolute Gasteiger partial charge is 0.164 e. The first-order valence-electron chi connectivity index (χ1n) is 10.1. The minimum Gasteiger partial charge on any atom is -0.489 e. The highest BCUT2D eigenvalue weighted by molar-refractivity contribution is 5.97. The number of anilines is 1. The van der Waals surface area contributed by atoms with E-state index in [2.05, 4.69) is 40.1 Å². The van der Waals surface area contributed by atoms with E-state index in [9.17, 15) is 4.79 Å². The predicted octanol–water partition coefficient (Wildman–Crippen LogP) is 3.45. The summed E-state index contributed by atoms with van der Waals surface area (Å²) < 4.78 is 5.64. The second-order valence-electron chi connectivity index (χ2n) is 7.70. The highest BCUT2D eigenvalue weighted by Gasteiger charge is 2.18. The molecule has 3 rings (SSSR count). The lowest BCUT2D eigenvalue weighted by molar-refractivity contribution is 0.0922. The zero-order chi connectivity index (χ0) is 19.9. The fourth-order valence-electron chi connectivity index (χ4n) is 3.50. The Labute approximate surface area is 168 Å². The normalized spacial score (nSPS) is 15.7. The van der Waals surface area contributed by atoms with E-state index < -0.39 is 0 Å². The van der Waals surface area contributed by atoms with E-state index in [1.807, 2.05) is 19.9 Å². The number of hydrogen-bond donors (Lipinski definition) is 1. The molecule has 28 heavy (non-hydrogen) atoms. The zero-order valence-corrected chi connectivity index (χ0v) is 16.9. The van der Waals surface area contributed by atoms with Gasteiger partial charge in [-0.1, -0.05) is 30.3 Å². The Bertz CT molecular complexity index is 769. The van der Waals surface area contributed by atoms with Gasteiger partial charge in [0, 0.05) is 51.3 Å². The molecule has 2 aromatic carbocycles. The molecule has 1 fully saturated rings. The summed E-state index contributed by atoms with van der Waals surface area (Å²) in [6.45, 7) is 9.79. The lowest BCUT2D eigenvalue weighted by atomic mass is 10.1. The van der Waals surface area contributed by atoms with Gasteiger partial charge in [0.05, 0.1) is 11.8 Å². The van der Waals surface area contributed by atoms with Gasteiger partial charge in [0.15, 0.2) is 5.78 Å². The van der Waals surface area contributed by atoms with Gasteiger partial charge in [-0.15, -0.1) is 0 Å². The molecule has 2 aromatic rings. The van der Waals surface area contributed by atoms with Crippen molar-refractivity contribution < 1.29 is 9.53 Å². The number of nitrogen functional groups attached to an aromatic ring is 1. The van der Waals surface area contributed by atoms with Gasteiger partial charge in [0.1, 0.15) is 5.75 Å². The topological polar surface area (TPSA) is 58.8 Å². The molecule has 1 saturated heterocycles. The Morgan fingerprint density at radius 3 is 2.36 bits per heavy atom. The van der Waals surface area contributed by atoms with Crippen molar-refractivity contribution in [1.82, 2.24) is 9.80 Å². The first-order valence-corrected chi connectivity index (χ1v) is 10.1. The van der Waals surface area contributed by atoms with Gasteiger partial charge in [-0.05, 0) is 37.6 Å². The summed E-state index contributed by atoms with van der Waals surface area (Å²) in [5, 5.41) is 0. The van der Waals surface area contributed by atoms with Crippen molar-refractivity contribution in [3.8, 4) is 5.75 Å². The largest absolute Gasteiger partial charge is 0.489 e. The molecule has 1 heterocycles. The van der Waals surface area contributed by atoms with Gasteiger partial charge in [-0.3, -0.25) is 9.69 Å². The summed E-state index contributed by atoms with van der Waals surface area (Å²) in [7, 11) is 0. The molecule has 1 aliphatic heterocycles. The number of carbonyl (C=O) groups is 1. The van der Waals surface area contributed by atoms with E-state index in [1.54, 1.807) is 12.1 Å². The van der Waals surface area contributed by atoms with Crippen LogP contribution in [-0.2, 0) is 6.54 Å². The van der Waals surface area contributed by atoms with Crippen molar-refractivity contribution in [3.63, 3.8) is 0 Å². The maximum Gasteiger partial charge on any atom is 0.164 e. The molecule has 0 aromatic heterocycles. The summed E-state index contributed by atoms with van der Waals surface area (Å²) in [6, 6.07) is 15.9. The molecule has 2 N–H and O–H groups in total. The Morgan fingerprint density at radius 2 is 1.71 bits per heavy atom. The Balaban J connectivity index is 1.43. The molecule has 5 heteroatoms. The van der Waals surface area contributed by atoms with Crippen molar-refractivity contribution >= 4 is 11.5 Å². The molecule has 150 valence electrons. The summed E-state index contributed by atoms with van der Waals surface area (Å²) in [4.78, 5) is 17.4. The number of ether oxygens (including phenoxy) is 1. The number of benzene rings is 2. The number of hydrogen-bond acceptors (Lipinski definition) is 5. The van der Waals surface area contributed by atoms with Gasteiger partial charge >= 0.3 is 0 Å². The molecular formula is C23H31N3O2. The van der Waals surface area contributed by atoms with Gasteiger partial charge < -0.3 is 15.4 Å². The minimum atomic E-state index is 0.0596. The highest BCUT2D eigenvalue weighted by atomic mass is 16.5. The molecule has 0 unspecified atom stereocenters. The van der Waals surface area contributed by atoms with Gasteiger partial charge in [0.25, 0.3) is 0 Å². The number of Topliss-reactive ketones (excluding diaryl/α,β-unsaturated/α-hetero) is 1. The Kier molecular flexibility index (Phi) is 7.06. The van der Waals surface area contributed by atoms with Crippen LogP contribution in [0.1, 0.15) is 36.2 Å². The average molecular weight is 382 g/mol. The fourth-order valence-corrected chi connectivity index (χ4v) is 3.50. The van der Waals surface area contributed by atoms with E-state index in [0.717, 1.165) is 39.3 Å². The SMILES string of the molecule is CC(C)Oc1ccc(C(=O)CCN2CCN(Cc3ccccc3)CC2)cc1N. The molecule has 1 aliphatic rings. The third-order valence-corrected chi connectivity index (χ3v) is 5.06. The van der Waals surface area contributed by atoms with Crippen LogP contribution in [-0.4, -0.2) is 54.4 Å². The van der Waals surface area contributed by atoms with Gasteiger partial charge in [-0.25, -0.2) is 0 Å². The highest BCUT2D eigenvalue weighted by Crippen LogP contribution is 2.24.